The third-order valence-electron chi connectivity index (χ3n) is 3.73. The zero-order chi connectivity index (χ0) is 14.3. The molecule has 19 heavy (non-hydrogen) atoms. The van der Waals surface area contributed by atoms with Crippen LogP contribution in [0.2, 0.25) is 0 Å². The predicted molar refractivity (Wildman–Crippen MR) is 83.1 cm³/mol. The summed E-state index contributed by atoms with van der Waals surface area (Å²) < 4.78 is 5.94. The first kappa shape index (κ1) is 16.0. The standard InChI is InChI=1S/C17H29NO/c1-6-16(18-5)8-7-11-19-17-12-15(13(2)3)10-9-14(17)4/h9-10,12-13,16,18H,6-8,11H2,1-5H3. The highest BCUT2D eigenvalue weighted by Crippen LogP contribution is 2.24. The third kappa shape index (κ3) is 5.23. The minimum Gasteiger partial charge on any atom is -0.493 e. The molecule has 2 heteroatoms. The summed E-state index contributed by atoms with van der Waals surface area (Å²) in [7, 11) is 2.03. The number of hydrogen-bond acceptors (Lipinski definition) is 2. The highest BCUT2D eigenvalue weighted by Gasteiger charge is 2.06. The molecule has 108 valence electrons. The van der Waals surface area contributed by atoms with Crippen molar-refractivity contribution >= 4 is 0 Å². The minimum absolute atomic E-state index is 0.553. The van der Waals surface area contributed by atoms with Gasteiger partial charge in [-0.3, -0.25) is 0 Å². The van der Waals surface area contributed by atoms with E-state index in [0.29, 0.717) is 12.0 Å². The summed E-state index contributed by atoms with van der Waals surface area (Å²) in [6.45, 7) is 9.57. The van der Waals surface area contributed by atoms with Crippen molar-refractivity contribution in [2.24, 2.45) is 0 Å². The summed E-state index contributed by atoms with van der Waals surface area (Å²) in [6, 6.07) is 7.16. The van der Waals surface area contributed by atoms with E-state index in [1.54, 1.807) is 0 Å². The van der Waals surface area contributed by atoms with Crippen LogP contribution in [0.15, 0.2) is 18.2 Å². The fourth-order valence-corrected chi connectivity index (χ4v) is 2.20. The summed E-state index contributed by atoms with van der Waals surface area (Å²) in [5.41, 5.74) is 2.58. The van der Waals surface area contributed by atoms with Crippen LogP contribution in [0.5, 0.6) is 5.75 Å². The normalized spacial score (nSPS) is 12.7. The van der Waals surface area contributed by atoms with Crippen molar-refractivity contribution in [2.45, 2.75) is 58.9 Å². The number of hydrogen-bond donors (Lipinski definition) is 1. The number of benzene rings is 1. The molecule has 0 saturated carbocycles. The van der Waals surface area contributed by atoms with Crippen molar-refractivity contribution in [2.75, 3.05) is 13.7 Å². The maximum atomic E-state index is 5.94. The van der Waals surface area contributed by atoms with E-state index in [4.69, 9.17) is 4.74 Å². The van der Waals surface area contributed by atoms with Crippen LogP contribution in [-0.4, -0.2) is 19.7 Å². The van der Waals surface area contributed by atoms with Crippen molar-refractivity contribution in [1.82, 2.24) is 5.32 Å². The molecule has 0 aliphatic heterocycles. The molecule has 0 heterocycles. The van der Waals surface area contributed by atoms with E-state index >= 15 is 0 Å². The molecule has 2 nitrogen and oxygen atoms in total. The van der Waals surface area contributed by atoms with Crippen LogP contribution in [-0.2, 0) is 0 Å². The van der Waals surface area contributed by atoms with E-state index in [1.165, 1.54) is 24.0 Å². The average Bonchev–Trinajstić information content (AvgIpc) is 2.40. The second-order valence-electron chi connectivity index (χ2n) is 5.56. The molecule has 0 spiro atoms. The van der Waals surface area contributed by atoms with Crippen molar-refractivity contribution in [1.29, 1.82) is 0 Å². The van der Waals surface area contributed by atoms with Gasteiger partial charge in [-0.2, -0.15) is 0 Å². The van der Waals surface area contributed by atoms with E-state index in [2.05, 4.69) is 51.2 Å². The molecule has 0 aliphatic rings. The molecular weight excluding hydrogens is 234 g/mol. The Morgan fingerprint density at radius 3 is 2.58 bits per heavy atom. The average molecular weight is 263 g/mol. The molecule has 0 saturated heterocycles. The molecule has 0 fully saturated rings. The van der Waals surface area contributed by atoms with Gasteiger partial charge >= 0.3 is 0 Å². The fourth-order valence-electron chi connectivity index (χ4n) is 2.20. The zero-order valence-electron chi connectivity index (χ0n) is 13.1. The number of ether oxygens (including phenoxy) is 1. The largest absolute Gasteiger partial charge is 0.493 e. The molecular formula is C17H29NO. The molecule has 1 aromatic carbocycles. The van der Waals surface area contributed by atoms with Gasteiger partial charge < -0.3 is 10.1 Å². The van der Waals surface area contributed by atoms with Gasteiger partial charge in [-0.15, -0.1) is 0 Å². The fraction of sp³-hybridized carbons (Fsp3) is 0.647. The first-order valence-corrected chi connectivity index (χ1v) is 7.49. The van der Waals surface area contributed by atoms with Crippen LogP contribution in [0.3, 0.4) is 0 Å². The summed E-state index contributed by atoms with van der Waals surface area (Å²) in [5.74, 6) is 1.60. The van der Waals surface area contributed by atoms with Crippen LogP contribution in [0.1, 0.15) is 57.1 Å². The SMILES string of the molecule is CCC(CCCOc1cc(C(C)C)ccc1C)NC. The third-order valence-corrected chi connectivity index (χ3v) is 3.73. The molecule has 0 aliphatic carbocycles. The Balaban J connectivity index is 2.46. The first-order chi connectivity index (χ1) is 9.08. The number of aryl methyl sites for hydroxylation is 1. The topological polar surface area (TPSA) is 21.3 Å². The van der Waals surface area contributed by atoms with E-state index in [9.17, 15) is 0 Å². The second-order valence-corrected chi connectivity index (χ2v) is 5.56. The Morgan fingerprint density at radius 1 is 1.26 bits per heavy atom. The molecule has 1 rings (SSSR count). The lowest BCUT2D eigenvalue weighted by atomic mass is 10.0. The molecule has 1 unspecified atom stereocenters. The molecule has 1 N–H and O–H groups in total. The van der Waals surface area contributed by atoms with Crippen LogP contribution in [0.25, 0.3) is 0 Å². The van der Waals surface area contributed by atoms with Gasteiger partial charge in [-0.1, -0.05) is 32.9 Å². The van der Waals surface area contributed by atoms with E-state index in [-0.39, 0.29) is 0 Å². The van der Waals surface area contributed by atoms with Gasteiger partial charge in [0.15, 0.2) is 0 Å². The Bertz CT molecular complexity index is 370. The Morgan fingerprint density at radius 2 is 2.00 bits per heavy atom. The summed E-state index contributed by atoms with van der Waals surface area (Å²) in [5, 5.41) is 3.33. The molecule has 0 aromatic heterocycles. The van der Waals surface area contributed by atoms with Gasteiger partial charge in [0.2, 0.25) is 0 Å². The van der Waals surface area contributed by atoms with E-state index < -0.39 is 0 Å². The predicted octanol–water partition coefficient (Wildman–Crippen LogP) is 4.28. The lowest BCUT2D eigenvalue weighted by molar-refractivity contribution is 0.294. The number of nitrogens with one attached hydrogen (secondary N) is 1. The molecule has 0 radical (unpaired) electrons. The lowest BCUT2D eigenvalue weighted by Gasteiger charge is -2.15. The Kier molecular flexibility index (Phi) is 6.93. The highest BCUT2D eigenvalue weighted by molar-refractivity contribution is 5.37. The van der Waals surface area contributed by atoms with Crippen LogP contribution >= 0.6 is 0 Å². The second kappa shape index (κ2) is 8.21. The monoisotopic (exact) mass is 263 g/mol. The number of rotatable bonds is 8. The zero-order valence-corrected chi connectivity index (χ0v) is 13.1. The molecule has 0 amide bonds. The van der Waals surface area contributed by atoms with Crippen molar-refractivity contribution < 1.29 is 4.74 Å². The maximum Gasteiger partial charge on any atom is 0.122 e. The maximum absolute atomic E-state index is 5.94. The summed E-state index contributed by atoms with van der Waals surface area (Å²) in [6.07, 6.45) is 3.46. The molecule has 1 atom stereocenters. The van der Waals surface area contributed by atoms with Crippen molar-refractivity contribution in [3.63, 3.8) is 0 Å². The van der Waals surface area contributed by atoms with E-state index in [1.807, 2.05) is 7.05 Å². The quantitative estimate of drug-likeness (QED) is 0.707. The highest BCUT2D eigenvalue weighted by atomic mass is 16.5. The van der Waals surface area contributed by atoms with Crippen LogP contribution in [0.4, 0.5) is 0 Å². The summed E-state index contributed by atoms with van der Waals surface area (Å²) in [4.78, 5) is 0. The lowest BCUT2D eigenvalue weighted by Crippen LogP contribution is -2.24. The molecule has 0 bridgehead atoms. The van der Waals surface area contributed by atoms with Gasteiger partial charge in [0, 0.05) is 6.04 Å². The van der Waals surface area contributed by atoms with Gasteiger partial charge in [-0.05, 0) is 56.3 Å². The van der Waals surface area contributed by atoms with Crippen molar-refractivity contribution in [3.8, 4) is 5.75 Å². The Hall–Kier alpha value is -1.02. The van der Waals surface area contributed by atoms with E-state index in [0.717, 1.165) is 18.8 Å². The van der Waals surface area contributed by atoms with Gasteiger partial charge in [0.1, 0.15) is 5.75 Å². The molecule has 1 aromatic rings. The summed E-state index contributed by atoms with van der Waals surface area (Å²) >= 11 is 0. The first-order valence-electron chi connectivity index (χ1n) is 7.49. The Labute approximate surface area is 118 Å². The van der Waals surface area contributed by atoms with Crippen LogP contribution in [0, 0.1) is 6.92 Å². The van der Waals surface area contributed by atoms with Gasteiger partial charge in [0.05, 0.1) is 6.61 Å². The van der Waals surface area contributed by atoms with Gasteiger partial charge in [-0.25, -0.2) is 0 Å². The smallest absolute Gasteiger partial charge is 0.122 e. The van der Waals surface area contributed by atoms with Gasteiger partial charge in [0.25, 0.3) is 0 Å². The van der Waals surface area contributed by atoms with Crippen LogP contribution < -0.4 is 10.1 Å². The van der Waals surface area contributed by atoms with Crippen molar-refractivity contribution in [3.05, 3.63) is 29.3 Å². The minimum atomic E-state index is 0.553.